The van der Waals surface area contributed by atoms with Gasteiger partial charge in [-0.15, -0.1) is 0 Å². The SMILES string of the molecule is CNC(=O)c1ccc(N2CCN(Cc3ccc4c(c3)[nH]c(=O)c3c(C)ccn34)CC2)cn1. The van der Waals surface area contributed by atoms with Gasteiger partial charge in [-0.2, -0.15) is 0 Å². The molecule has 1 aliphatic rings. The number of aromatic nitrogens is 3. The second kappa shape index (κ2) is 8.12. The molecule has 32 heavy (non-hydrogen) atoms. The Morgan fingerprint density at radius 3 is 2.66 bits per heavy atom. The molecule has 0 bridgehead atoms. The molecule has 1 amide bonds. The Labute approximate surface area is 185 Å². The lowest BCUT2D eigenvalue weighted by atomic mass is 10.1. The fourth-order valence-electron chi connectivity index (χ4n) is 4.45. The summed E-state index contributed by atoms with van der Waals surface area (Å²) in [5, 5.41) is 2.59. The summed E-state index contributed by atoms with van der Waals surface area (Å²) in [5.74, 6) is -0.175. The maximum absolute atomic E-state index is 12.5. The van der Waals surface area contributed by atoms with Gasteiger partial charge in [0.2, 0.25) is 0 Å². The molecule has 4 aromatic rings. The zero-order chi connectivity index (χ0) is 22.2. The van der Waals surface area contributed by atoms with Crippen molar-refractivity contribution in [3.63, 3.8) is 0 Å². The highest BCUT2D eigenvalue weighted by Gasteiger charge is 2.18. The number of hydrogen-bond donors (Lipinski definition) is 2. The van der Waals surface area contributed by atoms with E-state index in [-0.39, 0.29) is 11.5 Å². The molecule has 0 radical (unpaired) electrons. The maximum atomic E-state index is 12.5. The summed E-state index contributed by atoms with van der Waals surface area (Å²) in [6.07, 6.45) is 3.72. The second-order valence-corrected chi connectivity index (χ2v) is 8.27. The van der Waals surface area contributed by atoms with Crippen molar-refractivity contribution in [2.45, 2.75) is 13.5 Å². The number of benzene rings is 1. The van der Waals surface area contributed by atoms with E-state index in [1.165, 1.54) is 5.56 Å². The number of nitrogens with zero attached hydrogens (tertiary/aromatic N) is 4. The van der Waals surface area contributed by atoms with Crippen LogP contribution in [0.1, 0.15) is 21.6 Å². The largest absolute Gasteiger partial charge is 0.368 e. The van der Waals surface area contributed by atoms with Gasteiger partial charge in [-0.1, -0.05) is 6.07 Å². The molecule has 8 heteroatoms. The predicted molar refractivity (Wildman–Crippen MR) is 125 cm³/mol. The summed E-state index contributed by atoms with van der Waals surface area (Å²) >= 11 is 0. The number of fused-ring (bicyclic) bond motifs is 3. The number of aryl methyl sites for hydroxylation is 1. The first-order valence-corrected chi connectivity index (χ1v) is 10.8. The number of hydrogen-bond acceptors (Lipinski definition) is 5. The number of carbonyl (C=O) groups excluding carboxylic acids is 1. The lowest BCUT2D eigenvalue weighted by Gasteiger charge is -2.36. The van der Waals surface area contributed by atoms with Gasteiger partial charge in [0.1, 0.15) is 11.2 Å². The van der Waals surface area contributed by atoms with E-state index in [9.17, 15) is 9.59 Å². The first-order chi connectivity index (χ1) is 15.5. The molecule has 0 unspecified atom stereocenters. The standard InChI is InChI=1S/C24H26N6O2/c1-16-7-8-30-21-6-3-17(13-20(21)27-24(32)22(16)30)15-28-9-11-29(12-10-28)18-4-5-19(26-14-18)23(31)25-2/h3-8,13-14H,9-12,15H2,1-2H3,(H,25,31)(H,27,32). The molecular weight excluding hydrogens is 404 g/mol. The lowest BCUT2D eigenvalue weighted by Crippen LogP contribution is -2.46. The van der Waals surface area contributed by atoms with Gasteiger partial charge >= 0.3 is 0 Å². The minimum absolute atomic E-state index is 0.0539. The van der Waals surface area contributed by atoms with Crippen LogP contribution in [-0.4, -0.2) is 58.4 Å². The van der Waals surface area contributed by atoms with Gasteiger partial charge in [-0.25, -0.2) is 4.98 Å². The number of aromatic amines is 1. The molecule has 2 N–H and O–H groups in total. The van der Waals surface area contributed by atoms with Crippen molar-refractivity contribution in [2.75, 3.05) is 38.1 Å². The summed E-state index contributed by atoms with van der Waals surface area (Å²) in [7, 11) is 1.60. The number of rotatable bonds is 4. The number of amides is 1. The molecule has 0 saturated carbocycles. The summed E-state index contributed by atoms with van der Waals surface area (Å²) in [6, 6.07) is 12.0. The highest BCUT2D eigenvalue weighted by molar-refractivity contribution is 5.92. The van der Waals surface area contributed by atoms with E-state index in [4.69, 9.17) is 0 Å². The van der Waals surface area contributed by atoms with Gasteiger partial charge in [0.05, 0.1) is 22.9 Å². The quantitative estimate of drug-likeness (QED) is 0.518. The van der Waals surface area contributed by atoms with Crippen molar-refractivity contribution in [2.24, 2.45) is 0 Å². The fraction of sp³-hybridized carbons (Fsp3) is 0.292. The van der Waals surface area contributed by atoms with E-state index in [0.717, 1.165) is 55.0 Å². The van der Waals surface area contributed by atoms with Crippen LogP contribution in [0.15, 0.2) is 53.6 Å². The monoisotopic (exact) mass is 430 g/mol. The summed E-state index contributed by atoms with van der Waals surface area (Å²) in [4.78, 5) is 36.2. The van der Waals surface area contributed by atoms with E-state index in [1.807, 2.05) is 29.7 Å². The zero-order valence-electron chi connectivity index (χ0n) is 18.3. The average Bonchev–Trinajstić information content (AvgIpc) is 3.21. The van der Waals surface area contributed by atoms with Crippen LogP contribution in [0.2, 0.25) is 0 Å². The van der Waals surface area contributed by atoms with Crippen molar-refractivity contribution in [1.29, 1.82) is 0 Å². The summed E-state index contributed by atoms with van der Waals surface area (Å²) in [5.41, 5.74) is 6.14. The van der Waals surface area contributed by atoms with Crippen molar-refractivity contribution < 1.29 is 4.79 Å². The smallest absolute Gasteiger partial charge is 0.272 e. The number of piperazine rings is 1. The van der Waals surface area contributed by atoms with Crippen LogP contribution in [0.25, 0.3) is 16.6 Å². The molecule has 1 saturated heterocycles. The van der Waals surface area contributed by atoms with Gasteiger partial charge in [-0.05, 0) is 48.4 Å². The summed E-state index contributed by atoms with van der Waals surface area (Å²) in [6.45, 7) is 6.45. The van der Waals surface area contributed by atoms with Crippen molar-refractivity contribution in [3.8, 4) is 0 Å². The molecule has 4 heterocycles. The number of carbonyl (C=O) groups is 1. The van der Waals surface area contributed by atoms with Crippen LogP contribution in [0.5, 0.6) is 0 Å². The van der Waals surface area contributed by atoms with E-state index < -0.39 is 0 Å². The Bertz CT molecular complexity index is 1350. The van der Waals surface area contributed by atoms with Crippen LogP contribution in [0.3, 0.4) is 0 Å². The number of nitrogens with one attached hydrogen (secondary N) is 2. The molecule has 0 atom stereocenters. The zero-order valence-corrected chi connectivity index (χ0v) is 18.3. The van der Waals surface area contributed by atoms with Crippen LogP contribution in [-0.2, 0) is 6.54 Å². The van der Waals surface area contributed by atoms with Crippen LogP contribution in [0.4, 0.5) is 5.69 Å². The third-order valence-corrected chi connectivity index (χ3v) is 6.22. The number of H-pyrrole nitrogens is 1. The van der Waals surface area contributed by atoms with Gasteiger partial charge in [-0.3, -0.25) is 14.5 Å². The Morgan fingerprint density at radius 2 is 1.94 bits per heavy atom. The molecular formula is C24H26N6O2. The fourth-order valence-corrected chi connectivity index (χ4v) is 4.45. The molecule has 0 aliphatic carbocycles. The maximum Gasteiger partial charge on any atom is 0.272 e. The van der Waals surface area contributed by atoms with E-state index >= 15 is 0 Å². The minimum atomic E-state index is -0.175. The molecule has 8 nitrogen and oxygen atoms in total. The molecule has 1 aromatic carbocycles. The van der Waals surface area contributed by atoms with Gasteiger partial charge in [0.15, 0.2) is 0 Å². The highest BCUT2D eigenvalue weighted by atomic mass is 16.1. The van der Waals surface area contributed by atoms with Gasteiger partial charge in [0.25, 0.3) is 11.5 Å². The first-order valence-electron chi connectivity index (χ1n) is 10.8. The molecule has 164 valence electrons. The third kappa shape index (κ3) is 3.62. The Hall–Kier alpha value is -3.65. The predicted octanol–water partition coefficient (Wildman–Crippen LogP) is 2.17. The third-order valence-electron chi connectivity index (χ3n) is 6.22. The molecule has 1 fully saturated rings. The van der Waals surface area contributed by atoms with Gasteiger partial charge in [0, 0.05) is 46.0 Å². The lowest BCUT2D eigenvalue weighted by molar-refractivity contribution is 0.0958. The van der Waals surface area contributed by atoms with E-state index in [1.54, 1.807) is 19.3 Å². The summed E-state index contributed by atoms with van der Waals surface area (Å²) < 4.78 is 1.97. The van der Waals surface area contributed by atoms with Crippen LogP contribution < -0.4 is 15.8 Å². The molecule has 5 rings (SSSR count). The van der Waals surface area contributed by atoms with Crippen LogP contribution in [0, 0.1) is 6.92 Å². The van der Waals surface area contributed by atoms with Crippen LogP contribution >= 0.6 is 0 Å². The van der Waals surface area contributed by atoms with Crippen molar-refractivity contribution in [1.82, 2.24) is 24.6 Å². The van der Waals surface area contributed by atoms with Gasteiger partial charge < -0.3 is 19.6 Å². The second-order valence-electron chi connectivity index (χ2n) is 8.27. The average molecular weight is 431 g/mol. The topological polar surface area (TPSA) is 85.7 Å². The molecule has 3 aromatic heterocycles. The van der Waals surface area contributed by atoms with Crippen molar-refractivity contribution >= 4 is 28.1 Å². The Balaban J connectivity index is 1.27. The number of pyridine rings is 1. The molecule has 0 spiro atoms. The molecule has 1 aliphatic heterocycles. The number of anilines is 1. The highest BCUT2D eigenvalue weighted by Crippen LogP contribution is 2.20. The first kappa shape index (κ1) is 20.3. The Kier molecular flexibility index (Phi) is 5.14. The Morgan fingerprint density at radius 1 is 1.12 bits per heavy atom. The van der Waals surface area contributed by atoms with Crippen molar-refractivity contribution in [3.05, 3.63) is 76.0 Å². The van der Waals surface area contributed by atoms with E-state index in [0.29, 0.717) is 11.2 Å². The minimum Gasteiger partial charge on any atom is -0.368 e. The normalized spacial score (nSPS) is 14.9. The van der Waals surface area contributed by atoms with E-state index in [2.05, 4.69) is 43.3 Å².